The summed E-state index contributed by atoms with van der Waals surface area (Å²) in [6.07, 6.45) is 0. The van der Waals surface area contributed by atoms with Gasteiger partial charge < -0.3 is 4.74 Å². The lowest BCUT2D eigenvalue weighted by molar-refractivity contribution is 0.374. The van der Waals surface area contributed by atoms with Gasteiger partial charge in [-0.05, 0) is 6.92 Å². The highest BCUT2D eigenvalue weighted by Gasteiger charge is 2.25. The number of hydrogen-bond donors (Lipinski definition) is 0. The van der Waals surface area contributed by atoms with Crippen molar-refractivity contribution in [2.45, 2.75) is 9.07 Å². The van der Waals surface area contributed by atoms with Gasteiger partial charge in [0.25, 0.3) is 0 Å². The van der Waals surface area contributed by atoms with Crippen molar-refractivity contribution >= 4 is 47.8 Å². The van der Waals surface area contributed by atoms with Gasteiger partial charge in [-0.3, -0.25) is 0 Å². The number of alkyl halides is 3. The minimum absolute atomic E-state index is 0.297. The standard InChI is InChI=1S/C6H6Br3N3O/c1-3-10-4(6(7,8)9)12-5(11-3)13-2/h1-2H3. The first kappa shape index (κ1) is 11.3. The van der Waals surface area contributed by atoms with E-state index in [1.165, 1.54) is 7.11 Å². The van der Waals surface area contributed by atoms with Gasteiger partial charge in [0.1, 0.15) is 5.82 Å². The molecule has 0 aromatic carbocycles. The SMILES string of the molecule is COc1nc(C)nc(C(Br)(Br)Br)n1. The van der Waals surface area contributed by atoms with E-state index >= 15 is 0 Å². The smallest absolute Gasteiger partial charge is 0.319 e. The molecule has 0 aliphatic rings. The molecule has 72 valence electrons. The van der Waals surface area contributed by atoms with Crippen LogP contribution in [0.25, 0.3) is 0 Å². The summed E-state index contributed by atoms with van der Waals surface area (Å²) in [6, 6.07) is 0.297. The van der Waals surface area contributed by atoms with Crippen LogP contribution in [-0.2, 0) is 2.14 Å². The second-order valence-corrected chi connectivity index (χ2v) is 8.95. The lowest BCUT2D eigenvalue weighted by Gasteiger charge is -2.10. The highest BCUT2D eigenvalue weighted by molar-refractivity contribution is 9.38. The summed E-state index contributed by atoms with van der Waals surface area (Å²) in [7, 11) is 1.51. The van der Waals surface area contributed by atoms with Crippen LogP contribution in [0.15, 0.2) is 0 Å². The summed E-state index contributed by atoms with van der Waals surface area (Å²) in [5, 5.41) is 0. The maximum Gasteiger partial charge on any atom is 0.319 e. The number of methoxy groups -OCH3 is 1. The number of hydrogen-bond acceptors (Lipinski definition) is 4. The molecule has 0 saturated carbocycles. The second kappa shape index (κ2) is 4.18. The van der Waals surface area contributed by atoms with Gasteiger partial charge in [0.2, 0.25) is 0 Å². The average Bonchev–Trinajstić information content (AvgIpc) is 2.01. The first-order valence-corrected chi connectivity index (χ1v) is 5.65. The van der Waals surface area contributed by atoms with Crippen LogP contribution in [0.1, 0.15) is 11.6 Å². The predicted octanol–water partition coefficient (Wildman–Crippen LogP) is 2.48. The summed E-state index contributed by atoms with van der Waals surface area (Å²) in [5.41, 5.74) is 0. The zero-order chi connectivity index (χ0) is 10.1. The van der Waals surface area contributed by atoms with Gasteiger partial charge in [0, 0.05) is 0 Å². The first-order valence-electron chi connectivity index (χ1n) is 3.27. The van der Waals surface area contributed by atoms with Crippen LogP contribution in [0.5, 0.6) is 6.01 Å². The molecular weight excluding hydrogens is 370 g/mol. The quantitative estimate of drug-likeness (QED) is 0.707. The molecule has 13 heavy (non-hydrogen) atoms. The second-order valence-electron chi connectivity index (χ2n) is 2.19. The maximum absolute atomic E-state index is 4.91. The Labute approximate surface area is 101 Å². The fourth-order valence-corrected chi connectivity index (χ4v) is 1.21. The van der Waals surface area contributed by atoms with E-state index in [0.29, 0.717) is 17.7 Å². The lowest BCUT2D eigenvalue weighted by atomic mass is 10.6. The topological polar surface area (TPSA) is 47.9 Å². The summed E-state index contributed by atoms with van der Waals surface area (Å²) in [4.78, 5) is 12.1. The van der Waals surface area contributed by atoms with Crippen molar-refractivity contribution in [1.29, 1.82) is 0 Å². The Morgan fingerprint density at radius 1 is 1.15 bits per heavy atom. The van der Waals surface area contributed by atoms with Crippen LogP contribution in [0.2, 0.25) is 0 Å². The van der Waals surface area contributed by atoms with Gasteiger partial charge in [-0.25, -0.2) is 4.98 Å². The molecule has 7 heteroatoms. The molecular formula is C6H6Br3N3O. The summed E-state index contributed by atoms with van der Waals surface area (Å²) in [6.45, 7) is 1.77. The van der Waals surface area contributed by atoms with Crippen molar-refractivity contribution in [2.75, 3.05) is 7.11 Å². The number of ether oxygens (including phenoxy) is 1. The molecule has 0 N–H and O–H groups in total. The van der Waals surface area contributed by atoms with E-state index in [-0.39, 0.29) is 0 Å². The van der Waals surface area contributed by atoms with Crippen molar-refractivity contribution < 1.29 is 4.74 Å². The molecule has 0 unspecified atom stereocenters. The predicted molar refractivity (Wildman–Crippen MR) is 59.6 cm³/mol. The summed E-state index contributed by atoms with van der Waals surface area (Å²) >= 11 is 9.93. The Bertz CT molecular complexity index is 312. The highest BCUT2D eigenvalue weighted by Crippen LogP contribution is 2.42. The van der Waals surface area contributed by atoms with Gasteiger partial charge in [-0.2, -0.15) is 9.97 Å². The minimum atomic E-state index is -0.631. The van der Waals surface area contributed by atoms with Crippen LogP contribution in [0, 0.1) is 6.92 Å². The zero-order valence-electron chi connectivity index (χ0n) is 6.88. The Hall–Kier alpha value is 0.250. The van der Waals surface area contributed by atoms with Crippen molar-refractivity contribution in [2.24, 2.45) is 0 Å². The third-order valence-electron chi connectivity index (χ3n) is 1.16. The van der Waals surface area contributed by atoms with Gasteiger partial charge in [0.15, 0.2) is 7.97 Å². The molecule has 0 aliphatic carbocycles. The minimum Gasteiger partial charge on any atom is -0.467 e. The van der Waals surface area contributed by atoms with E-state index in [1.54, 1.807) is 6.92 Å². The molecule has 1 aromatic rings. The van der Waals surface area contributed by atoms with Crippen LogP contribution in [-0.4, -0.2) is 22.1 Å². The van der Waals surface area contributed by atoms with Crippen molar-refractivity contribution in [1.82, 2.24) is 15.0 Å². The molecule has 0 saturated heterocycles. The van der Waals surface area contributed by atoms with Crippen LogP contribution in [0.3, 0.4) is 0 Å². The monoisotopic (exact) mass is 373 g/mol. The molecule has 1 rings (SSSR count). The van der Waals surface area contributed by atoms with Gasteiger partial charge in [-0.1, -0.05) is 47.8 Å². The molecule has 0 fully saturated rings. The number of aromatic nitrogens is 3. The largest absolute Gasteiger partial charge is 0.467 e. The molecule has 1 heterocycles. The van der Waals surface area contributed by atoms with E-state index in [1.807, 2.05) is 0 Å². The number of nitrogens with zero attached hydrogens (tertiary/aromatic N) is 3. The van der Waals surface area contributed by atoms with Gasteiger partial charge in [0.05, 0.1) is 7.11 Å². The van der Waals surface area contributed by atoms with Gasteiger partial charge >= 0.3 is 6.01 Å². The first-order chi connectivity index (χ1) is 5.93. The fraction of sp³-hybridized carbons (Fsp3) is 0.500. The molecule has 0 radical (unpaired) electrons. The molecule has 0 bridgehead atoms. The lowest BCUT2D eigenvalue weighted by Crippen LogP contribution is -2.09. The highest BCUT2D eigenvalue weighted by atomic mass is 80.0. The van der Waals surface area contributed by atoms with E-state index in [2.05, 4.69) is 62.7 Å². The normalized spacial score (nSPS) is 11.5. The van der Waals surface area contributed by atoms with Crippen LogP contribution >= 0.6 is 47.8 Å². The number of halogens is 3. The Morgan fingerprint density at radius 3 is 2.23 bits per heavy atom. The van der Waals surface area contributed by atoms with Crippen LogP contribution in [0.4, 0.5) is 0 Å². The molecule has 0 aliphatic heterocycles. The number of aryl methyl sites for hydroxylation is 1. The number of rotatable bonds is 1. The van der Waals surface area contributed by atoms with Crippen molar-refractivity contribution in [3.8, 4) is 6.01 Å². The third kappa shape index (κ3) is 3.14. The maximum atomic E-state index is 4.91. The molecule has 4 nitrogen and oxygen atoms in total. The van der Waals surface area contributed by atoms with Crippen LogP contribution < -0.4 is 4.74 Å². The molecule has 1 aromatic heterocycles. The van der Waals surface area contributed by atoms with E-state index in [0.717, 1.165) is 0 Å². The van der Waals surface area contributed by atoms with E-state index in [9.17, 15) is 0 Å². The third-order valence-corrected chi connectivity index (χ3v) is 2.23. The summed E-state index contributed by atoms with van der Waals surface area (Å²) in [5.74, 6) is 1.11. The van der Waals surface area contributed by atoms with Crippen molar-refractivity contribution in [3.63, 3.8) is 0 Å². The van der Waals surface area contributed by atoms with E-state index < -0.39 is 2.14 Å². The van der Waals surface area contributed by atoms with E-state index in [4.69, 9.17) is 4.74 Å². The van der Waals surface area contributed by atoms with Gasteiger partial charge in [-0.15, -0.1) is 0 Å². The molecule has 0 spiro atoms. The Balaban J connectivity index is 3.16. The molecule has 0 atom stereocenters. The van der Waals surface area contributed by atoms with Crippen molar-refractivity contribution in [3.05, 3.63) is 11.6 Å². The Morgan fingerprint density at radius 2 is 1.77 bits per heavy atom. The Kier molecular flexibility index (Phi) is 3.64. The fourth-order valence-electron chi connectivity index (χ4n) is 0.675. The molecule has 0 amide bonds. The zero-order valence-corrected chi connectivity index (χ0v) is 11.6. The average molecular weight is 376 g/mol. The summed E-state index contributed by atoms with van der Waals surface area (Å²) < 4.78 is 4.28.